The zero-order valence-electron chi connectivity index (χ0n) is 11.8. The smallest absolute Gasteiger partial charge is 0.324 e. The van der Waals surface area contributed by atoms with E-state index in [9.17, 15) is 18.0 Å². The van der Waals surface area contributed by atoms with Gasteiger partial charge in [-0.1, -0.05) is 19.1 Å². The second-order valence-corrected chi connectivity index (χ2v) is 6.40. The molecule has 0 aliphatic rings. The van der Waals surface area contributed by atoms with Gasteiger partial charge in [0.15, 0.2) is 20.9 Å². The number of ether oxygens (including phenoxy) is 1. The summed E-state index contributed by atoms with van der Waals surface area (Å²) in [5.74, 6) is -0.892. The van der Waals surface area contributed by atoms with Gasteiger partial charge in [0, 0.05) is 5.56 Å². The molecular formula is C14H18O5S. The SMILES string of the molecule is CCOC(=O)C(CC)S(=O)(=O)c1ccc(C(C)=O)cc1. The molecule has 0 radical (unpaired) electrons. The number of ketones is 1. The summed E-state index contributed by atoms with van der Waals surface area (Å²) in [6, 6.07) is 5.56. The lowest BCUT2D eigenvalue weighted by molar-refractivity contribution is -0.142. The molecule has 0 bridgehead atoms. The molecule has 0 saturated carbocycles. The van der Waals surface area contributed by atoms with E-state index < -0.39 is 21.1 Å². The van der Waals surface area contributed by atoms with Crippen molar-refractivity contribution in [3.05, 3.63) is 29.8 Å². The Balaban J connectivity index is 3.14. The van der Waals surface area contributed by atoms with Gasteiger partial charge in [0.05, 0.1) is 11.5 Å². The summed E-state index contributed by atoms with van der Waals surface area (Å²) >= 11 is 0. The highest BCUT2D eigenvalue weighted by atomic mass is 32.2. The maximum absolute atomic E-state index is 12.4. The lowest BCUT2D eigenvalue weighted by atomic mass is 10.2. The average Bonchev–Trinajstić information content (AvgIpc) is 2.39. The van der Waals surface area contributed by atoms with Crippen LogP contribution in [-0.2, 0) is 19.4 Å². The first-order valence-electron chi connectivity index (χ1n) is 6.36. The van der Waals surface area contributed by atoms with Crippen molar-refractivity contribution in [3.63, 3.8) is 0 Å². The van der Waals surface area contributed by atoms with E-state index >= 15 is 0 Å². The van der Waals surface area contributed by atoms with Crippen LogP contribution < -0.4 is 0 Å². The van der Waals surface area contributed by atoms with Gasteiger partial charge in [0.1, 0.15) is 0 Å². The summed E-state index contributed by atoms with van der Waals surface area (Å²) in [5.41, 5.74) is 0.424. The summed E-state index contributed by atoms with van der Waals surface area (Å²) < 4.78 is 29.5. The Morgan fingerprint density at radius 3 is 2.10 bits per heavy atom. The van der Waals surface area contributed by atoms with E-state index in [4.69, 9.17) is 4.74 Å². The first-order valence-corrected chi connectivity index (χ1v) is 7.90. The normalized spacial score (nSPS) is 12.8. The largest absolute Gasteiger partial charge is 0.465 e. The number of carbonyl (C=O) groups excluding carboxylic acids is 2. The van der Waals surface area contributed by atoms with Gasteiger partial charge in [-0.05, 0) is 32.4 Å². The van der Waals surface area contributed by atoms with Crippen molar-refractivity contribution < 1.29 is 22.7 Å². The minimum Gasteiger partial charge on any atom is -0.465 e. The summed E-state index contributed by atoms with van der Waals surface area (Å²) in [6.45, 7) is 4.77. The monoisotopic (exact) mass is 298 g/mol. The average molecular weight is 298 g/mol. The van der Waals surface area contributed by atoms with Gasteiger partial charge < -0.3 is 4.74 Å². The number of carbonyl (C=O) groups is 2. The third-order valence-electron chi connectivity index (χ3n) is 2.88. The molecule has 110 valence electrons. The van der Waals surface area contributed by atoms with Crippen LogP contribution in [0.1, 0.15) is 37.6 Å². The van der Waals surface area contributed by atoms with Gasteiger partial charge in [-0.25, -0.2) is 8.42 Å². The van der Waals surface area contributed by atoms with Crippen molar-refractivity contribution in [2.45, 2.75) is 37.3 Å². The summed E-state index contributed by atoms with van der Waals surface area (Å²) in [4.78, 5) is 22.9. The van der Waals surface area contributed by atoms with E-state index in [-0.39, 0.29) is 23.7 Å². The second kappa shape index (κ2) is 6.65. The fraction of sp³-hybridized carbons (Fsp3) is 0.429. The highest BCUT2D eigenvalue weighted by molar-refractivity contribution is 7.92. The Kier molecular flexibility index (Phi) is 5.44. The van der Waals surface area contributed by atoms with Gasteiger partial charge in [-0.2, -0.15) is 0 Å². The van der Waals surface area contributed by atoms with Crippen molar-refractivity contribution in [2.24, 2.45) is 0 Å². The second-order valence-electron chi connectivity index (χ2n) is 4.27. The highest BCUT2D eigenvalue weighted by Crippen LogP contribution is 2.20. The van der Waals surface area contributed by atoms with Crippen molar-refractivity contribution in [1.82, 2.24) is 0 Å². The lowest BCUT2D eigenvalue weighted by Crippen LogP contribution is -2.31. The molecule has 1 rings (SSSR count). The van der Waals surface area contributed by atoms with E-state index in [1.54, 1.807) is 13.8 Å². The van der Waals surface area contributed by atoms with E-state index in [2.05, 4.69) is 0 Å². The maximum atomic E-state index is 12.4. The van der Waals surface area contributed by atoms with Crippen LogP contribution in [0.25, 0.3) is 0 Å². The molecule has 0 aliphatic heterocycles. The molecule has 1 aromatic carbocycles. The number of sulfone groups is 1. The minimum absolute atomic E-state index is 0.0161. The molecule has 0 aliphatic carbocycles. The molecule has 0 fully saturated rings. The fourth-order valence-electron chi connectivity index (χ4n) is 1.79. The van der Waals surface area contributed by atoms with E-state index in [0.717, 1.165) is 0 Å². The predicted octanol–water partition coefficient (Wildman–Crippen LogP) is 2.00. The Labute approximate surface area is 118 Å². The van der Waals surface area contributed by atoms with Gasteiger partial charge in [-0.15, -0.1) is 0 Å². The number of hydrogen-bond donors (Lipinski definition) is 0. The molecular weight excluding hydrogens is 280 g/mol. The van der Waals surface area contributed by atoms with E-state index in [0.29, 0.717) is 5.56 Å². The first-order chi connectivity index (χ1) is 9.34. The number of benzene rings is 1. The number of Topliss-reactive ketones (excluding diaryl/α,β-unsaturated/α-hetero) is 1. The van der Waals surface area contributed by atoms with E-state index in [1.807, 2.05) is 0 Å². The maximum Gasteiger partial charge on any atom is 0.324 e. The van der Waals surface area contributed by atoms with Crippen LogP contribution >= 0.6 is 0 Å². The summed E-state index contributed by atoms with van der Waals surface area (Å²) in [7, 11) is -3.80. The summed E-state index contributed by atoms with van der Waals surface area (Å²) in [5, 5.41) is -1.22. The van der Waals surface area contributed by atoms with E-state index in [1.165, 1.54) is 31.2 Å². The van der Waals surface area contributed by atoms with Crippen molar-refractivity contribution in [2.75, 3.05) is 6.61 Å². The standard InChI is InChI=1S/C14H18O5S/c1-4-13(14(16)19-5-2)20(17,18)12-8-6-11(7-9-12)10(3)15/h6-9,13H,4-5H2,1-3H3. The molecule has 0 aromatic heterocycles. The van der Waals surface area contributed by atoms with Crippen LogP contribution in [0.5, 0.6) is 0 Å². The van der Waals surface area contributed by atoms with Crippen LogP contribution in [0.4, 0.5) is 0 Å². The predicted molar refractivity (Wildman–Crippen MR) is 74.3 cm³/mol. The minimum atomic E-state index is -3.80. The molecule has 0 spiro atoms. The van der Waals surface area contributed by atoms with Crippen LogP contribution in [-0.4, -0.2) is 32.0 Å². The Hall–Kier alpha value is -1.69. The number of hydrogen-bond acceptors (Lipinski definition) is 5. The van der Waals surface area contributed by atoms with Gasteiger partial charge in [0.2, 0.25) is 0 Å². The molecule has 1 aromatic rings. The highest BCUT2D eigenvalue weighted by Gasteiger charge is 2.33. The van der Waals surface area contributed by atoms with Crippen molar-refractivity contribution in [1.29, 1.82) is 0 Å². The van der Waals surface area contributed by atoms with Crippen LogP contribution in [0.2, 0.25) is 0 Å². The third-order valence-corrected chi connectivity index (χ3v) is 5.09. The van der Waals surface area contributed by atoms with Crippen molar-refractivity contribution >= 4 is 21.6 Å². The number of esters is 1. The zero-order chi connectivity index (χ0) is 15.3. The van der Waals surface area contributed by atoms with Gasteiger partial charge in [0.25, 0.3) is 0 Å². The Morgan fingerprint density at radius 2 is 1.70 bits per heavy atom. The van der Waals surface area contributed by atoms with Crippen molar-refractivity contribution in [3.8, 4) is 0 Å². The Bertz CT molecular complexity index is 586. The zero-order valence-corrected chi connectivity index (χ0v) is 12.6. The van der Waals surface area contributed by atoms with Crippen LogP contribution in [0.15, 0.2) is 29.2 Å². The van der Waals surface area contributed by atoms with Crippen LogP contribution in [0, 0.1) is 0 Å². The Morgan fingerprint density at radius 1 is 1.15 bits per heavy atom. The lowest BCUT2D eigenvalue weighted by Gasteiger charge is -2.14. The molecule has 0 amide bonds. The molecule has 0 saturated heterocycles. The number of rotatable bonds is 6. The third kappa shape index (κ3) is 3.45. The molecule has 20 heavy (non-hydrogen) atoms. The topological polar surface area (TPSA) is 77.5 Å². The molecule has 5 nitrogen and oxygen atoms in total. The van der Waals surface area contributed by atoms with Gasteiger partial charge in [-0.3, -0.25) is 9.59 Å². The molecule has 6 heteroatoms. The van der Waals surface area contributed by atoms with Crippen LogP contribution in [0.3, 0.4) is 0 Å². The molecule has 0 N–H and O–H groups in total. The first kappa shape index (κ1) is 16.4. The quantitative estimate of drug-likeness (QED) is 0.593. The summed E-state index contributed by atoms with van der Waals surface area (Å²) in [6.07, 6.45) is 0.135. The molecule has 1 atom stereocenters. The fourth-order valence-corrected chi connectivity index (χ4v) is 3.40. The molecule has 1 unspecified atom stereocenters. The van der Waals surface area contributed by atoms with Gasteiger partial charge >= 0.3 is 5.97 Å². The molecule has 0 heterocycles.